The molecular weight excluding hydrogens is 200 g/mol. The first-order valence-electron chi connectivity index (χ1n) is 5.12. The first-order chi connectivity index (χ1) is 7.14. The number of rotatable bonds is 8. The molecule has 0 saturated carbocycles. The van der Waals surface area contributed by atoms with Gasteiger partial charge >= 0.3 is 5.97 Å². The summed E-state index contributed by atoms with van der Waals surface area (Å²) in [7, 11) is 0. The quantitative estimate of drug-likeness (QED) is 0.488. The smallest absolute Gasteiger partial charge is 0.305 e. The summed E-state index contributed by atoms with van der Waals surface area (Å²) in [5.41, 5.74) is -1.12. The van der Waals surface area contributed by atoms with E-state index in [2.05, 4.69) is 0 Å². The van der Waals surface area contributed by atoms with Crippen LogP contribution < -0.4 is 0 Å². The van der Waals surface area contributed by atoms with Gasteiger partial charge in [0.25, 0.3) is 0 Å². The van der Waals surface area contributed by atoms with Crippen LogP contribution in [-0.2, 0) is 9.53 Å². The van der Waals surface area contributed by atoms with Crippen LogP contribution in [-0.4, -0.2) is 47.7 Å². The van der Waals surface area contributed by atoms with E-state index in [4.69, 9.17) is 20.1 Å². The molecule has 0 aromatic rings. The van der Waals surface area contributed by atoms with Crippen molar-refractivity contribution >= 4 is 5.97 Å². The Balaban J connectivity index is 3.93. The molecule has 0 aliphatic carbocycles. The zero-order valence-corrected chi connectivity index (χ0v) is 9.11. The zero-order chi connectivity index (χ0) is 11.7. The second-order valence-electron chi connectivity index (χ2n) is 3.74. The van der Waals surface area contributed by atoms with Crippen LogP contribution >= 0.6 is 0 Å². The van der Waals surface area contributed by atoms with E-state index >= 15 is 0 Å². The second kappa shape index (κ2) is 7.62. The molecule has 15 heavy (non-hydrogen) atoms. The average molecular weight is 220 g/mol. The Morgan fingerprint density at radius 1 is 1.20 bits per heavy atom. The van der Waals surface area contributed by atoms with Crippen molar-refractivity contribution in [2.24, 2.45) is 5.41 Å². The maximum atomic E-state index is 11.1. The maximum absolute atomic E-state index is 11.1. The summed E-state index contributed by atoms with van der Waals surface area (Å²) in [5, 5.41) is 26.9. The molecule has 0 bridgehead atoms. The molecule has 90 valence electrons. The van der Waals surface area contributed by atoms with Crippen molar-refractivity contribution in [2.75, 3.05) is 26.4 Å². The van der Waals surface area contributed by atoms with Crippen molar-refractivity contribution < 1.29 is 24.9 Å². The minimum Gasteiger partial charge on any atom is -0.465 e. The Labute approximate surface area is 89.7 Å². The van der Waals surface area contributed by atoms with E-state index in [9.17, 15) is 4.79 Å². The Bertz CT molecular complexity index is 168. The fourth-order valence-electron chi connectivity index (χ4n) is 0.914. The molecule has 0 amide bonds. The van der Waals surface area contributed by atoms with Crippen molar-refractivity contribution in [3.8, 4) is 0 Å². The highest BCUT2D eigenvalue weighted by molar-refractivity contribution is 5.69. The molecule has 0 spiro atoms. The van der Waals surface area contributed by atoms with E-state index in [0.29, 0.717) is 6.42 Å². The van der Waals surface area contributed by atoms with Crippen LogP contribution in [0.3, 0.4) is 0 Å². The van der Waals surface area contributed by atoms with E-state index in [1.807, 2.05) is 6.92 Å². The molecule has 0 aliphatic rings. The number of ether oxygens (including phenoxy) is 1. The SMILES string of the molecule is CCCCC(=O)OCC(CO)(CO)CO. The molecule has 0 unspecified atom stereocenters. The number of esters is 1. The zero-order valence-electron chi connectivity index (χ0n) is 9.11. The van der Waals surface area contributed by atoms with Crippen LogP contribution in [0.5, 0.6) is 0 Å². The van der Waals surface area contributed by atoms with Gasteiger partial charge in [-0.1, -0.05) is 13.3 Å². The third-order valence-electron chi connectivity index (χ3n) is 2.28. The molecule has 0 atom stereocenters. The summed E-state index contributed by atoms with van der Waals surface area (Å²) in [6.07, 6.45) is 1.98. The van der Waals surface area contributed by atoms with Crippen molar-refractivity contribution in [2.45, 2.75) is 26.2 Å². The van der Waals surface area contributed by atoms with E-state index < -0.39 is 25.2 Å². The van der Waals surface area contributed by atoms with Crippen LogP contribution in [0, 0.1) is 5.41 Å². The highest BCUT2D eigenvalue weighted by atomic mass is 16.5. The summed E-state index contributed by atoms with van der Waals surface area (Å²) >= 11 is 0. The average Bonchev–Trinajstić information content (AvgIpc) is 2.29. The standard InChI is InChI=1S/C10H20O5/c1-2-3-4-9(14)15-8-10(5-11,6-12)7-13/h11-13H,2-8H2,1H3. The van der Waals surface area contributed by atoms with E-state index in [1.165, 1.54) is 0 Å². The number of unbranched alkanes of at least 4 members (excludes halogenated alkanes) is 1. The minimum atomic E-state index is -1.12. The molecule has 0 rings (SSSR count). The van der Waals surface area contributed by atoms with Crippen molar-refractivity contribution in [3.63, 3.8) is 0 Å². The summed E-state index contributed by atoms with van der Waals surface area (Å²) in [5.74, 6) is -0.364. The van der Waals surface area contributed by atoms with Gasteiger partial charge in [-0.3, -0.25) is 4.79 Å². The highest BCUT2D eigenvalue weighted by Gasteiger charge is 2.29. The summed E-state index contributed by atoms with van der Waals surface area (Å²) in [4.78, 5) is 11.1. The van der Waals surface area contributed by atoms with Gasteiger partial charge in [-0.25, -0.2) is 0 Å². The van der Waals surface area contributed by atoms with Gasteiger partial charge in [0, 0.05) is 6.42 Å². The molecule has 0 radical (unpaired) electrons. The van der Waals surface area contributed by atoms with Gasteiger partial charge in [-0.2, -0.15) is 0 Å². The van der Waals surface area contributed by atoms with Crippen LogP contribution in [0.1, 0.15) is 26.2 Å². The predicted molar refractivity (Wildman–Crippen MR) is 54.2 cm³/mol. The number of aliphatic hydroxyl groups excluding tert-OH is 3. The number of hydrogen-bond acceptors (Lipinski definition) is 5. The largest absolute Gasteiger partial charge is 0.465 e. The lowest BCUT2D eigenvalue weighted by atomic mass is 9.93. The van der Waals surface area contributed by atoms with Gasteiger partial charge in [-0.15, -0.1) is 0 Å². The van der Waals surface area contributed by atoms with Gasteiger partial charge in [-0.05, 0) is 6.42 Å². The van der Waals surface area contributed by atoms with Crippen LogP contribution in [0.15, 0.2) is 0 Å². The van der Waals surface area contributed by atoms with E-state index in [0.717, 1.165) is 12.8 Å². The Kier molecular flexibility index (Phi) is 7.29. The molecule has 0 heterocycles. The van der Waals surface area contributed by atoms with Crippen LogP contribution in [0.4, 0.5) is 0 Å². The van der Waals surface area contributed by atoms with Gasteiger partial charge in [0.1, 0.15) is 6.61 Å². The maximum Gasteiger partial charge on any atom is 0.305 e. The predicted octanol–water partition coefficient (Wildman–Crippen LogP) is -0.317. The fraction of sp³-hybridized carbons (Fsp3) is 0.900. The lowest BCUT2D eigenvalue weighted by Crippen LogP contribution is -2.39. The highest BCUT2D eigenvalue weighted by Crippen LogP contribution is 2.15. The first-order valence-corrected chi connectivity index (χ1v) is 5.12. The first kappa shape index (κ1) is 14.3. The third kappa shape index (κ3) is 5.11. The number of aliphatic hydroxyl groups is 3. The molecule has 0 aliphatic heterocycles. The minimum absolute atomic E-state index is 0.154. The molecule has 0 fully saturated rings. The van der Waals surface area contributed by atoms with Crippen LogP contribution in [0.25, 0.3) is 0 Å². The summed E-state index contributed by atoms with van der Waals surface area (Å²) < 4.78 is 4.86. The van der Waals surface area contributed by atoms with Gasteiger partial charge < -0.3 is 20.1 Å². The van der Waals surface area contributed by atoms with Gasteiger partial charge in [0.05, 0.1) is 25.2 Å². The molecule has 5 heteroatoms. The topological polar surface area (TPSA) is 87.0 Å². The van der Waals surface area contributed by atoms with E-state index in [-0.39, 0.29) is 12.6 Å². The Morgan fingerprint density at radius 2 is 1.73 bits per heavy atom. The molecule has 0 saturated heterocycles. The van der Waals surface area contributed by atoms with Crippen molar-refractivity contribution in [1.82, 2.24) is 0 Å². The summed E-state index contributed by atoms with van der Waals surface area (Å²) in [6, 6.07) is 0. The van der Waals surface area contributed by atoms with E-state index in [1.54, 1.807) is 0 Å². The molecule has 0 aromatic heterocycles. The van der Waals surface area contributed by atoms with Gasteiger partial charge in [0.2, 0.25) is 0 Å². The number of carbonyl (C=O) groups is 1. The fourth-order valence-corrected chi connectivity index (χ4v) is 0.914. The molecule has 5 nitrogen and oxygen atoms in total. The number of hydrogen-bond donors (Lipinski definition) is 3. The normalized spacial score (nSPS) is 11.5. The summed E-state index contributed by atoms with van der Waals surface area (Å²) in [6.45, 7) is 0.564. The molecule has 3 N–H and O–H groups in total. The number of carbonyl (C=O) groups excluding carboxylic acids is 1. The Morgan fingerprint density at radius 3 is 2.13 bits per heavy atom. The van der Waals surface area contributed by atoms with Crippen LogP contribution in [0.2, 0.25) is 0 Å². The van der Waals surface area contributed by atoms with Crippen molar-refractivity contribution in [1.29, 1.82) is 0 Å². The Hall–Kier alpha value is -0.650. The monoisotopic (exact) mass is 220 g/mol. The van der Waals surface area contributed by atoms with Crippen molar-refractivity contribution in [3.05, 3.63) is 0 Å². The molecule has 0 aromatic carbocycles. The lowest BCUT2D eigenvalue weighted by molar-refractivity contribution is -0.151. The lowest BCUT2D eigenvalue weighted by Gasteiger charge is -2.26. The third-order valence-corrected chi connectivity index (χ3v) is 2.28. The molecular formula is C10H20O5. The second-order valence-corrected chi connectivity index (χ2v) is 3.74. The van der Waals surface area contributed by atoms with Gasteiger partial charge in [0.15, 0.2) is 0 Å².